The van der Waals surface area contributed by atoms with Crippen LogP contribution in [0.25, 0.3) is 11.3 Å². The lowest BCUT2D eigenvalue weighted by atomic mass is 10.1. The minimum Gasteiger partial charge on any atom is -0.467 e. The van der Waals surface area contributed by atoms with Crippen LogP contribution in [-0.2, 0) is 11.2 Å². The zero-order chi connectivity index (χ0) is 21.9. The highest BCUT2D eigenvalue weighted by Gasteiger charge is 2.33. The molecule has 1 amide bonds. The number of nitrogens with one attached hydrogen (secondary N) is 1. The number of furan rings is 1. The number of carbonyl (C=O) groups is 1. The molecule has 4 aromatic rings. The van der Waals surface area contributed by atoms with Gasteiger partial charge < -0.3 is 9.73 Å². The number of nitrogens with zero attached hydrogens (tertiary/aromatic N) is 3. The van der Waals surface area contributed by atoms with Crippen LogP contribution >= 0.6 is 22.7 Å². The van der Waals surface area contributed by atoms with Gasteiger partial charge in [0.1, 0.15) is 11.8 Å². The van der Waals surface area contributed by atoms with Crippen molar-refractivity contribution < 1.29 is 9.21 Å². The van der Waals surface area contributed by atoms with Gasteiger partial charge >= 0.3 is 0 Å². The number of hydrogen-bond acceptors (Lipinski definition) is 7. The summed E-state index contributed by atoms with van der Waals surface area (Å²) < 4.78 is 5.73. The summed E-state index contributed by atoms with van der Waals surface area (Å²) in [5.74, 6) is 0.886. The lowest BCUT2D eigenvalue weighted by Crippen LogP contribution is -2.22. The molecule has 3 aromatic heterocycles. The number of thiazole rings is 1. The molecule has 162 valence electrons. The molecule has 0 saturated carbocycles. The van der Waals surface area contributed by atoms with Crippen molar-refractivity contribution in [2.24, 2.45) is 5.10 Å². The Morgan fingerprint density at radius 2 is 2.06 bits per heavy atom. The number of benzene rings is 1. The van der Waals surface area contributed by atoms with E-state index in [4.69, 9.17) is 14.5 Å². The molecule has 0 fully saturated rings. The first kappa shape index (κ1) is 20.7. The summed E-state index contributed by atoms with van der Waals surface area (Å²) in [6, 6.07) is 16.4. The number of amides is 1. The monoisotopic (exact) mass is 462 g/mol. The Balaban J connectivity index is 1.37. The van der Waals surface area contributed by atoms with Crippen LogP contribution in [0.15, 0.2) is 75.1 Å². The van der Waals surface area contributed by atoms with E-state index in [2.05, 4.69) is 52.5 Å². The normalized spacial score (nSPS) is 15.7. The van der Waals surface area contributed by atoms with Crippen molar-refractivity contribution in [2.45, 2.75) is 25.8 Å². The fourth-order valence-electron chi connectivity index (χ4n) is 3.71. The van der Waals surface area contributed by atoms with Crippen molar-refractivity contribution in [2.75, 3.05) is 11.6 Å². The first-order valence-corrected chi connectivity index (χ1v) is 12.2. The fraction of sp³-hybridized carbons (Fsp3) is 0.208. The molecular weight excluding hydrogens is 440 g/mol. The smallest absolute Gasteiger partial charge is 0.216 e. The summed E-state index contributed by atoms with van der Waals surface area (Å²) in [5.41, 5.74) is 4.23. The predicted molar refractivity (Wildman–Crippen MR) is 129 cm³/mol. The molecule has 1 atom stereocenters. The van der Waals surface area contributed by atoms with Gasteiger partial charge in [0.2, 0.25) is 11.0 Å². The largest absolute Gasteiger partial charge is 0.467 e. The molecule has 8 heteroatoms. The lowest BCUT2D eigenvalue weighted by Gasteiger charge is -2.18. The average Bonchev–Trinajstić information content (AvgIpc) is 3.60. The zero-order valence-electron chi connectivity index (χ0n) is 17.5. The van der Waals surface area contributed by atoms with E-state index in [-0.39, 0.29) is 11.9 Å². The number of hydrazone groups is 1. The summed E-state index contributed by atoms with van der Waals surface area (Å²) >= 11 is 3.28. The van der Waals surface area contributed by atoms with Gasteiger partial charge in [-0.05, 0) is 35.6 Å². The molecule has 1 aromatic carbocycles. The minimum absolute atomic E-state index is 0.00254. The van der Waals surface area contributed by atoms with E-state index >= 15 is 0 Å². The molecule has 0 aliphatic carbocycles. The van der Waals surface area contributed by atoms with Gasteiger partial charge in [0.15, 0.2) is 0 Å². The van der Waals surface area contributed by atoms with E-state index in [9.17, 15) is 4.79 Å². The Morgan fingerprint density at radius 1 is 1.19 bits per heavy atom. The van der Waals surface area contributed by atoms with Gasteiger partial charge in [-0.2, -0.15) is 5.10 Å². The number of thiophene rings is 1. The maximum atomic E-state index is 11.0. The molecule has 5 rings (SSSR count). The first-order valence-electron chi connectivity index (χ1n) is 10.4. The number of anilines is 1. The van der Waals surface area contributed by atoms with Crippen molar-refractivity contribution in [3.8, 4) is 11.3 Å². The molecule has 4 heterocycles. The van der Waals surface area contributed by atoms with Gasteiger partial charge in [-0.3, -0.25) is 4.79 Å². The lowest BCUT2D eigenvalue weighted by molar-refractivity contribution is -0.118. The third kappa shape index (κ3) is 4.37. The summed E-state index contributed by atoms with van der Waals surface area (Å²) in [7, 11) is 0. The van der Waals surface area contributed by atoms with E-state index in [1.54, 1.807) is 28.9 Å². The number of aromatic nitrogens is 1. The first-order chi connectivity index (χ1) is 15.7. The second-order valence-electron chi connectivity index (χ2n) is 7.55. The molecule has 1 unspecified atom stereocenters. The standard InChI is InChI=1S/C24H22N4O2S2/c1-16(29)25-11-10-17-6-8-18(9-7-17)20-15-32-24(26-20)28-21(22-4-2-12-30-22)14-19(27-28)23-5-3-13-31-23/h2-9,12-13,15,21H,10-11,14H2,1H3,(H,25,29). The van der Waals surface area contributed by atoms with Crippen LogP contribution in [0, 0.1) is 0 Å². The van der Waals surface area contributed by atoms with Crippen LogP contribution < -0.4 is 10.3 Å². The van der Waals surface area contributed by atoms with Crippen LogP contribution in [0.3, 0.4) is 0 Å². The number of hydrogen-bond donors (Lipinski definition) is 1. The van der Waals surface area contributed by atoms with Gasteiger partial charge in [0.25, 0.3) is 0 Å². The van der Waals surface area contributed by atoms with Crippen molar-refractivity contribution in [1.29, 1.82) is 0 Å². The van der Waals surface area contributed by atoms with E-state index < -0.39 is 0 Å². The summed E-state index contributed by atoms with van der Waals surface area (Å²) in [6.45, 7) is 2.18. The zero-order valence-corrected chi connectivity index (χ0v) is 19.2. The molecule has 32 heavy (non-hydrogen) atoms. The highest BCUT2D eigenvalue weighted by Crippen LogP contribution is 2.40. The summed E-state index contributed by atoms with van der Waals surface area (Å²) in [5, 5.41) is 14.7. The maximum Gasteiger partial charge on any atom is 0.216 e. The summed E-state index contributed by atoms with van der Waals surface area (Å²) in [6.07, 6.45) is 3.30. The Labute approximate surface area is 194 Å². The van der Waals surface area contributed by atoms with Gasteiger partial charge in [0.05, 0.1) is 22.5 Å². The Hall–Kier alpha value is -3.23. The highest BCUT2D eigenvalue weighted by atomic mass is 32.1. The maximum absolute atomic E-state index is 11.0. The fourth-order valence-corrected chi connectivity index (χ4v) is 5.26. The van der Waals surface area contributed by atoms with Crippen molar-refractivity contribution in [3.05, 3.63) is 81.8 Å². The molecule has 0 saturated heterocycles. The van der Waals surface area contributed by atoms with Crippen LogP contribution in [0.5, 0.6) is 0 Å². The number of carbonyl (C=O) groups excluding carboxylic acids is 1. The van der Waals surface area contributed by atoms with Crippen molar-refractivity contribution in [1.82, 2.24) is 10.3 Å². The SMILES string of the molecule is CC(=O)NCCc1ccc(-c2csc(N3N=C(c4cccs4)CC3c3ccco3)n2)cc1. The number of rotatable bonds is 7. The Bertz CT molecular complexity index is 1210. The van der Waals surface area contributed by atoms with Crippen molar-refractivity contribution in [3.63, 3.8) is 0 Å². The van der Waals surface area contributed by atoms with Crippen molar-refractivity contribution >= 4 is 39.4 Å². The minimum atomic E-state index is -0.00344. The van der Waals surface area contributed by atoms with Gasteiger partial charge in [-0.25, -0.2) is 9.99 Å². The predicted octanol–water partition coefficient (Wildman–Crippen LogP) is 5.50. The quantitative estimate of drug-likeness (QED) is 0.394. The Morgan fingerprint density at radius 3 is 2.78 bits per heavy atom. The summed E-state index contributed by atoms with van der Waals surface area (Å²) in [4.78, 5) is 17.1. The van der Waals surface area contributed by atoms with E-state index in [1.165, 1.54) is 17.4 Å². The molecule has 0 radical (unpaired) electrons. The molecule has 1 aliphatic rings. The third-order valence-electron chi connectivity index (χ3n) is 5.31. The van der Waals surface area contributed by atoms with E-state index in [1.807, 2.05) is 17.1 Å². The molecule has 6 nitrogen and oxygen atoms in total. The van der Waals surface area contributed by atoms with Crippen LogP contribution in [0.2, 0.25) is 0 Å². The van der Waals surface area contributed by atoms with Gasteiger partial charge in [-0.15, -0.1) is 22.7 Å². The third-order valence-corrected chi connectivity index (χ3v) is 7.06. The van der Waals surface area contributed by atoms with Gasteiger partial charge in [-0.1, -0.05) is 30.3 Å². The second-order valence-corrected chi connectivity index (χ2v) is 9.33. The highest BCUT2D eigenvalue weighted by molar-refractivity contribution is 7.14. The van der Waals surface area contributed by atoms with E-state index in [0.717, 1.165) is 40.7 Å². The molecular formula is C24H22N4O2S2. The van der Waals surface area contributed by atoms with Gasteiger partial charge in [0, 0.05) is 30.8 Å². The van der Waals surface area contributed by atoms with Crippen LogP contribution in [-0.4, -0.2) is 23.1 Å². The Kier molecular flexibility index (Phi) is 5.87. The topological polar surface area (TPSA) is 70.7 Å². The molecule has 1 aliphatic heterocycles. The van der Waals surface area contributed by atoms with Crippen LogP contribution in [0.4, 0.5) is 5.13 Å². The molecule has 0 bridgehead atoms. The molecule has 0 spiro atoms. The van der Waals surface area contributed by atoms with Crippen LogP contribution in [0.1, 0.15) is 35.6 Å². The second kappa shape index (κ2) is 9.10. The average molecular weight is 463 g/mol. The molecule has 1 N–H and O–H groups in total. The van der Waals surface area contributed by atoms with E-state index in [0.29, 0.717) is 6.54 Å².